The molecule has 0 spiro atoms. The van der Waals surface area contributed by atoms with Gasteiger partial charge in [0.15, 0.2) is 18.4 Å². The zero-order chi connectivity index (χ0) is 62.9. The molecular weight excluding hydrogens is 1120 g/mol. The van der Waals surface area contributed by atoms with Crippen molar-refractivity contribution in [3.8, 4) is 0 Å². The van der Waals surface area contributed by atoms with Crippen molar-refractivity contribution in [2.75, 3.05) is 13.2 Å². The molecule has 4 aliphatic heterocycles. The predicted octanol–water partition coefficient (Wildman–Crippen LogP) is 15.4. The van der Waals surface area contributed by atoms with Crippen molar-refractivity contribution < 1.29 is 56.9 Å². The van der Waals surface area contributed by atoms with E-state index in [9.17, 15) is 5.53 Å². The molecule has 0 bridgehead atoms. The molecule has 5 aliphatic carbocycles. The fourth-order valence-corrected chi connectivity index (χ4v) is 19.2. The van der Waals surface area contributed by atoms with E-state index in [1.165, 1.54) is 31.3 Å². The summed E-state index contributed by atoms with van der Waals surface area (Å²) in [4.78, 5) is 19.6. The molecule has 11 unspecified atom stereocenters. The standard InChI is InChI=1S/C74H103N3O12/c1-45-31-33-71(11)56(69(45,7)8)32-34-73(13)57(71)30-29-52-53-39-68(5,6)35-37-74(53,38-36-72(52,73)12)67(78)87-65-60(46(2)58(76-77-75)54(84-65)43-79-40-49-23-17-14-18-24-49)85-66-63-62(88-70(9,10)89-63)61(48(4)83-66)86-64-47(3)59(81-42-51-27-21-16-22-28-51)55(44-82-64)80-41-50-25-19-15-20-26-50/h14-29,45-48,53-66H,30-44H2,1-13H3/t45-,46?,47?,48?,53?,54?,55+,56-,57?,58+,59?,60?,61-,62?,63?,64-,65-,66-,71?,72+,73-,74-/m0/s1. The summed E-state index contributed by atoms with van der Waals surface area (Å²) in [6.45, 7) is 31.4. The Morgan fingerprint density at radius 3 is 1.96 bits per heavy atom. The molecule has 15 nitrogen and oxygen atoms in total. The maximum Gasteiger partial charge on any atom is 0.315 e. The minimum absolute atomic E-state index is 0.00861. The minimum Gasteiger partial charge on any atom is -0.432 e. The number of fused-ring (bicyclic) bond motifs is 8. The van der Waals surface area contributed by atoms with E-state index in [-0.39, 0.29) is 70.3 Å². The highest BCUT2D eigenvalue weighted by Gasteiger charge is 2.70. The molecule has 12 rings (SSSR count). The summed E-state index contributed by atoms with van der Waals surface area (Å²) in [5.41, 5.74) is 14.6. The molecule has 0 aromatic heterocycles. The third kappa shape index (κ3) is 12.1. The van der Waals surface area contributed by atoms with Crippen LogP contribution in [-0.4, -0.2) is 98.7 Å². The predicted molar refractivity (Wildman–Crippen MR) is 338 cm³/mol. The Morgan fingerprint density at radius 2 is 1.28 bits per heavy atom. The van der Waals surface area contributed by atoms with Gasteiger partial charge in [-0.1, -0.05) is 177 Å². The molecule has 3 aromatic rings. The van der Waals surface area contributed by atoms with Gasteiger partial charge in [-0.3, -0.25) is 4.79 Å². The molecule has 0 N–H and O–H groups in total. The Hall–Kier alpha value is -4.22. The molecule has 4 saturated carbocycles. The summed E-state index contributed by atoms with van der Waals surface area (Å²) in [7, 11) is 0. The van der Waals surface area contributed by atoms with Gasteiger partial charge in [0.25, 0.3) is 0 Å². The lowest BCUT2D eigenvalue weighted by Crippen LogP contribution is -2.65. The number of nitrogens with zero attached hydrogens (tertiary/aromatic N) is 3. The van der Waals surface area contributed by atoms with E-state index < -0.39 is 78.7 Å². The zero-order valence-corrected chi connectivity index (χ0v) is 55.5. The highest BCUT2D eigenvalue weighted by molar-refractivity contribution is 5.79. The van der Waals surface area contributed by atoms with E-state index >= 15 is 4.79 Å². The number of carbonyl (C=O) groups excluding carboxylic acids is 1. The topological polar surface area (TPSA) is 167 Å². The fourth-order valence-electron chi connectivity index (χ4n) is 19.2. The molecule has 22 atom stereocenters. The first kappa shape index (κ1) is 64.9. The largest absolute Gasteiger partial charge is 0.432 e. The SMILES string of the molecule is CC1C(OCc2ccccc2)[C@H](OCc2ccccc2)CO[C@H]1O[C@H]1C(C)O[C@@H](OC2C(C)[C@@H](N=[N+]=[N-])C(COCc3ccccc3)O[C@H]2OC(=O)[C@]23CCC(C)(C)CC2C2=CCC4C5(C)CC[C@H](C)C(C)(C)[C@@H]5CC[C@]4(C)[C@]2(C)CC3)C2OC(C)(C)OC21. The van der Waals surface area contributed by atoms with Gasteiger partial charge >= 0.3 is 5.97 Å². The van der Waals surface area contributed by atoms with Gasteiger partial charge in [0.2, 0.25) is 6.29 Å². The first-order chi connectivity index (χ1) is 42.4. The highest BCUT2D eigenvalue weighted by atomic mass is 16.8. The maximum absolute atomic E-state index is 16.2. The number of benzene rings is 3. The van der Waals surface area contributed by atoms with E-state index in [1.807, 2.05) is 94.4 Å². The summed E-state index contributed by atoms with van der Waals surface area (Å²) in [5.74, 6) is -0.208. The average Bonchev–Trinajstić information content (AvgIpc) is 1.08. The number of rotatable bonds is 17. The van der Waals surface area contributed by atoms with Crippen LogP contribution in [0.3, 0.4) is 0 Å². The van der Waals surface area contributed by atoms with Gasteiger partial charge in [-0.05, 0) is 164 Å². The van der Waals surface area contributed by atoms with Crippen LogP contribution < -0.4 is 0 Å². The molecule has 0 amide bonds. The Balaban J connectivity index is 0.820. The van der Waals surface area contributed by atoms with Crippen molar-refractivity contribution in [3.63, 3.8) is 0 Å². The van der Waals surface area contributed by atoms with Gasteiger partial charge in [-0.25, -0.2) is 0 Å². The number of ether oxygens (including phenoxy) is 11. The normalized spacial score (nSPS) is 42.7. The molecule has 4 saturated heterocycles. The number of hydrogen-bond acceptors (Lipinski definition) is 13. The Kier molecular flexibility index (Phi) is 18.4. The summed E-state index contributed by atoms with van der Waals surface area (Å²) in [6.07, 6.45) is 4.54. The fraction of sp³-hybridized carbons (Fsp3) is 0.716. The van der Waals surface area contributed by atoms with Gasteiger partial charge in [-0.2, -0.15) is 0 Å². The number of esters is 1. The lowest BCUT2D eigenvalue weighted by molar-refractivity contribution is -0.353. The van der Waals surface area contributed by atoms with Crippen molar-refractivity contribution >= 4 is 5.97 Å². The summed E-state index contributed by atoms with van der Waals surface area (Å²) in [6, 6.07) is 29.4. The van der Waals surface area contributed by atoms with E-state index in [2.05, 4.69) is 103 Å². The molecule has 9 aliphatic rings. The Bertz CT molecular complexity index is 3010. The number of allylic oxidation sites excluding steroid dienone is 2. The van der Waals surface area contributed by atoms with Crippen LogP contribution in [0.4, 0.5) is 0 Å². The van der Waals surface area contributed by atoms with E-state index in [0.29, 0.717) is 44.0 Å². The maximum atomic E-state index is 16.2. The molecule has 15 heteroatoms. The van der Waals surface area contributed by atoms with Gasteiger partial charge < -0.3 is 52.1 Å². The van der Waals surface area contributed by atoms with Gasteiger partial charge in [-0.15, -0.1) is 0 Å². The third-order valence-electron chi connectivity index (χ3n) is 24.9. The van der Waals surface area contributed by atoms with Gasteiger partial charge in [0, 0.05) is 10.8 Å². The molecular formula is C74H103N3O12. The second-order valence-electron chi connectivity index (χ2n) is 31.3. The van der Waals surface area contributed by atoms with Crippen LogP contribution in [-0.2, 0) is 76.7 Å². The molecule has 4 heterocycles. The van der Waals surface area contributed by atoms with Crippen LogP contribution in [0.2, 0.25) is 0 Å². The molecule has 486 valence electrons. The van der Waals surface area contributed by atoms with Crippen LogP contribution in [0.1, 0.15) is 171 Å². The average molecular weight is 1230 g/mol. The van der Waals surface area contributed by atoms with Crippen LogP contribution in [0, 0.1) is 68.0 Å². The van der Waals surface area contributed by atoms with Crippen molar-refractivity contribution in [2.45, 2.75) is 254 Å². The lowest BCUT2D eigenvalue weighted by Gasteiger charge is -2.71. The first-order valence-corrected chi connectivity index (χ1v) is 33.9. The van der Waals surface area contributed by atoms with Crippen LogP contribution >= 0.6 is 0 Å². The van der Waals surface area contributed by atoms with Gasteiger partial charge in [0.05, 0.1) is 62.8 Å². The smallest absolute Gasteiger partial charge is 0.315 e. The van der Waals surface area contributed by atoms with Crippen LogP contribution in [0.25, 0.3) is 10.4 Å². The first-order valence-electron chi connectivity index (χ1n) is 33.9. The molecule has 89 heavy (non-hydrogen) atoms. The van der Waals surface area contributed by atoms with Crippen molar-refractivity contribution in [1.82, 2.24) is 0 Å². The molecule has 0 radical (unpaired) electrons. The number of azide groups is 1. The van der Waals surface area contributed by atoms with E-state index in [0.717, 1.165) is 48.8 Å². The second kappa shape index (κ2) is 25.3. The third-order valence-corrected chi connectivity index (χ3v) is 24.9. The zero-order valence-electron chi connectivity index (χ0n) is 55.5. The Labute approximate surface area is 530 Å². The lowest BCUT2D eigenvalue weighted by atomic mass is 9.33. The van der Waals surface area contributed by atoms with Crippen molar-refractivity contribution in [1.29, 1.82) is 0 Å². The van der Waals surface area contributed by atoms with E-state index in [4.69, 9.17) is 52.1 Å². The molecule has 8 fully saturated rings. The number of hydrogen-bond donors (Lipinski definition) is 0. The highest BCUT2D eigenvalue weighted by Crippen LogP contribution is 2.76. The quantitative estimate of drug-likeness (QED) is 0.0413. The van der Waals surface area contributed by atoms with Crippen LogP contribution in [0.15, 0.2) is 108 Å². The summed E-state index contributed by atoms with van der Waals surface area (Å²) in [5, 5.41) is 4.39. The Morgan fingerprint density at radius 1 is 0.652 bits per heavy atom. The van der Waals surface area contributed by atoms with Crippen molar-refractivity contribution in [3.05, 3.63) is 130 Å². The summed E-state index contributed by atoms with van der Waals surface area (Å²) >= 11 is 0. The van der Waals surface area contributed by atoms with Crippen molar-refractivity contribution in [2.24, 2.45) is 73.1 Å². The minimum atomic E-state index is -1.23. The monoisotopic (exact) mass is 1230 g/mol. The second-order valence-corrected chi connectivity index (χ2v) is 31.3. The van der Waals surface area contributed by atoms with Crippen LogP contribution in [0.5, 0.6) is 0 Å². The van der Waals surface area contributed by atoms with Gasteiger partial charge in [0.1, 0.15) is 30.5 Å². The molecule has 3 aromatic carbocycles. The van der Waals surface area contributed by atoms with E-state index in [1.54, 1.807) is 0 Å². The number of carbonyl (C=O) groups is 1. The summed E-state index contributed by atoms with van der Waals surface area (Å²) < 4.78 is 75.4.